The third-order valence-electron chi connectivity index (χ3n) is 3.14. The van der Waals surface area contributed by atoms with Gasteiger partial charge in [-0.3, -0.25) is 14.2 Å². The van der Waals surface area contributed by atoms with Gasteiger partial charge in [-0.25, -0.2) is 4.39 Å². The predicted molar refractivity (Wildman–Crippen MR) is 90.0 cm³/mol. The van der Waals surface area contributed by atoms with E-state index in [1.807, 2.05) is 13.8 Å². The minimum atomic E-state index is -0.527. The summed E-state index contributed by atoms with van der Waals surface area (Å²) in [5.41, 5.74) is 0.395. The number of rotatable bonds is 5. The summed E-state index contributed by atoms with van der Waals surface area (Å²) in [6.07, 6.45) is 1.83. The maximum absolute atomic E-state index is 14.0. The molecule has 0 atom stereocenters. The molecule has 0 saturated heterocycles. The number of ether oxygens (including phenoxy) is 1. The molecule has 0 aliphatic carbocycles. The number of carbonyl (C=O) groups excluding carboxylic acids is 1. The molecule has 0 fully saturated rings. The smallest absolute Gasteiger partial charge is 0.326 e. The Morgan fingerprint density at radius 3 is 2.57 bits per heavy atom. The van der Waals surface area contributed by atoms with Gasteiger partial charge < -0.3 is 4.74 Å². The molecule has 1 heterocycles. The first-order chi connectivity index (χ1) is 11.1. The van der Waals surface area contributed by atoms with Crippen molar-refractivity contribution in [1.82, 2.24) is 4.57 Å². The number of aromatic nitrogens is 1. The van der Waals surface area contributed by atoms with Crippen LogP contribution in [-0.2, 0) is 22.5 Å². The normalized spacial score (nSPS) is 9.91. The van der Waals surface area contributed by atoms with Crippen molar-refractivity contribution in [2.45, 2.75) is 33.7 Å². The van der Waals surface area contributed by atoms with E-state index in [1.54, 1.807) is 25.1 Å². The first-order valence-electron chi connectivity index (χ1n) is 7.66. The van der Waals surface area contributed by atoms with Crippen LogP contribution in [0, 0.1) is 5.82 Å². The van der Waals surface area contributed by atoms with E-state index in [0.29, 0.717) is 16.5 Å². The molecule has 0 saturated carbocycles. The Hall–Kier alpha value is -2.43. The van der Waals surface area contributed by atoms with Crippen LogP contribution in [-0.4, -0.2) is 17.1 Å². The summed E-state index contributed by atoms with van der Waals surface area (Å²) in [5.74, 6) is -0.952. The van der Waals surface area contributed by atoms with E-state index in [2.05, 4.69) is 6.58 Å². The van der Waals surface area contributed by atoms with Crippen molar-refractivity contribution in [2.75, 3.05) is 6.61 Å². The summed E-state index contributed by atoms with van der Waals surface area (Å²) >= 11 is 0. The van der Waals surface area contributed by atoms with E-state index < -0.39 is 11.8 Å². The van der Waals surface area contributed by atoms with Crippen LogP contribution in [0.5, 0.6) is 0 Å². The summed E-state index contributed by atoms with van der Waals surface area (Å²) in [5, 5.41) is 0.692. The topological polar surface area (TPSA) is 48.3 Å². The Labute approximate surface area is 135 Å². The van der Waals surface area contributed by atoms with Gasteiger partial charge in [-0.15, -0.1) is 6.58 Å². The lowest BCUT2D eigenvalue weighted by Gasteiger charge is -2.13. The Bertz CT molecular complexity index is 750. The number of nitrogens with zero attached hydrogens (tertiary/aromatic N) is 1. The van der Waals surface area contributed by atoms with Gasteiger partial charge in [0.2, 0.25) is 0 Å². The van der Waals surface area contributed by atoms with Crippen LogP contribution in [0.2, 0.25) is 0 Å². The van der Waals surface area contributed by atoms with Gasteiger partial charge in [0, 0.05) is 11.6 Å². The van der Waals surface area contributed by atoms with Gasteiger partial charge in [0.25, 0.3) is 5.56 Å². The standard InChI is InChI=1S/C16H16FNO3.C2H6/c1-3-5-12-13(17)8-6-11-7-9-14(19)18(16(11)12)10-15(20)21-4-2;1-2/h3,6-9H,1,4-5,10H2,2H3;1-2H3. The SMILES string of the molecule is C=CCc1c(F)ccc2ccc(=O)n(CC(=O)OCC)c12.CC. The van der Waals surface area contributed by atoms with Crippen molar-refractivity contribution in [2.24, 2.45) is 0 Å². The first kappa shape index (κ1) is 18.6. The highest BCUT2D eigenvalue weighted by molar-refractivity contribution is 5.84. The quantitative estimate of drug-likeness (QED) is 0.626. The molecule has 1 aromatic heterocycles. The molecule has 2 rings (SSSR count). The number of benzene rings is 1. The van der Waals surface area contributed by atoms with E-state index in [0.717, 1.165) is 0 Å². The molecular weight excluding hydrogens is 297 g/mol. The lowest BCUT2D eigenvalue weighted by molar-refractivity contribution is -0.143. The molecule has 0 N–H and O–H groups in total. The molecule has 0 unspecified atom stereocenters. The van der Waals surface area contributed by atoms with E-state index in [9.17, 15) is 14.0 Å². The van der Waals surface area contributed by atoms with Crippen LogP contribution in [0.4, 0.5) is 4.39 Å². The van der Waals surface area contributed by atoms with E-state index in [1.165, 1.54) is 16.7 Å². The zero-order valence-corrected chi connectivity index (χ0v) is 13.8. The maximum atomic E-state index is 14.0. The highest BCUT2D eigenvalue weighted by atomic mass is 19.1. The molecule has 5 heteroatoms. The third-order valence-corrected chi connectivity index (χ3v) is 3.14. The predicted octanol–water partition coefficient (Wildman–Crippen LogP) is 3.46. The summed E-state index contributed by atoms with van der Waals surface area (Å²) in [6.45, 7) is 9.28. The summed E-state index contributed by atoms with van der Waals surface area (Å²) < 4.78 is 20.1. The summed E-state index contributed by atoms with van der Waals surface area (Å²) in [6, 6.07) is 5.90. The summed E-state index contributed by atoms with van der Waals surface area (Å²) in [4.78, 5) is 23.7. The van der Waals surface area contributed by atoms with Crippen molar-refractivity contribution in [3.63, 3.8) is 0 Å². The number of halogens is 1. The molecule has 0 radical (unpaired) electrons. The van der Waals surface area contributed by atoms with Crippen LogP contribution < -0.4 is 5.56 Å². The van der Waals surface area contributed by atoms with Crippen LogP contribution in [0.25, 0.3) is 10.9 Å². The van der Waals surface area contributed by atoms with Gasteiger partial charge in [-0.1, -0.05) is 19.9 Å². The number of fused-ring (bicyclic) bond motifs is 1. The number of allylic oxidation sites excluding steroid dienone is 1. The van der Waals surface area contributed by atoms with Crippen LogP contribution >= 0.6 is 0 Å². The van der Waals surface area contributed by atoms with Gasteiger partial charge in [0.15, 0.2) is 0 Å². The van der Waals surface area contributed by atoms with Crippen molar-refractivity contribution >= 4 is 16.9 Å². The van der Waals surface area contributed by atoms with Crippen LogP contribution in [0.1, 0.15) is 26.3 Å². The molecule has 0 amide bonds. The Kier molecular flexibility index (Phi) is 7.19. The van der Waals surface area contributed by atoms with Gasteiger partial charge in [-0.2, -0.15) is 0 Å². The Morgan fingerprint density at radius 1 is 1.30 bits per heavy atom. The van der Waals surface area contributed by atoms with Crippen LogP contribution in [0.15, 0.2) is 41.7 Å². The van der Waals surface area contributed by atoms with Crippen molar-refractivity contribution in [1.29, 1.82) is 0 Å². The molecule has 0 spiro atoms. The van der Waals surface area contributed by atoms with E-state index >= 15 is 0 Å². The minimum absolute atomic E-state index is 0.228. The molecule has 1 aromatic carbocycles. The van der Waals surface area contributed by atoms with Crippen molar-refractivity contribution in [3.8, 4) is 0 Å². The molecular formula is C18H22FNO3. The van der Waals surface area contributed by atoms with Crippen molar-refractivity contribution < 1.29 is 13.9 Å². The minimum Gasteiger partial charge on any atom is -0.465 e. The first-order valence-corrected chi connectivity index (χ1v) is 7.66. The lowest BCUT2D eigenvalue weighted by atomic mass is 10.1. The fourth-order valence-corrected chi connectivity index (χ4v) is 2.28. The number of hydrogen-bond donors (Lipinski definition) is 0. The Balaban J connectivity index is 0.00000127. The fraction of sp³-hybridized carbons (Fsp3) is 0.333. The number of hydrogen-bond acceptors (Lipinski definition) is 3. The average molecular weight is 319 g/mol. The number of pyridine rings is 1. The van der Waals surface area contributed by atoms with Gasteiger partial charge in [0.05, 0.1) is 12.1 Å². The average Bonchev–Trinajstić information content (AvgIpc) is 2.55. The third kappa shape index (κ3) is 4.28. The second-order valence-electron chi connectivity index (χ2n) is 4.52. The highest BCUT2D eigenvalue weighted by Gasteiger charge is 2.14. The molecule has 23 heavy (non-hydrogen) atoms. The van der Waals surface area contributed by atoms with Gasteiger partial charge >= 0.3 is 5.97 Å². The molecule has 0 bridgehead atoms. The second-order valence-corrected chi connectivity index (χ2v) is 4.52. The zero-order chi connectivity index (χ0) is 17.4. The second kappa shape index (κ2) is 8.88. The number of esters is 1. The lowest BCUT2D eigenvalue weighted by Crippen LogP contribution is -2.25. The Morgan fingerprint density at radius 2 is 1.96 bits per heavy atom. The zero-order valence-electron chi connectivity index (χ0n) is 13.8. The van der Waals surface area contributed by atoms with E-state index in [4.69, 9.17) is 4.74 Å². The monoisotopic (exact) mass is 319 g/mol. The van der Waals surface area contributed by atoms with Crippen LogP contribution in [0.3, 0.4) is 0 Å². The van der Waals surface area contributed by atoms with Crippen molar-refractivity contribution in [3.05, 3.63) is 58.7 Å². The largest absolute Gasteiger partial charge is 0.465 e. The van der Waals surface area contributed by atoms with E-state index in [-0.39, 0.29) is 25.1 Å². The highest BCUT2D eigenvalue weighted by Crippen LogP contribution is 2.21. The molecule has 124 valence electrons. The molecule has 0 aliphatic heterocycles. The molecule has 2 aromatic rings. The molecule has 0 aliphatic rings. The fourth-order valence-electron chi connectivity index (χ4n) is 2.28. The van der Waals surface area contributed by atoms with Gasteiger partial charge in [0.1, 0.15) is 12.4 Å². The number of carbonyl (C=O) groups is 1. The van der Waals surface area contributed by atoms with Gasteiger partial charge in [-0.05, 0) is 36.9 Å². The maximum Gasteiger partial charge on any atom is 0.326 e. The summed E-state index contributed by atoms with van der Waals surface area (Å²) in [7, 11) is 0. The molecule has 4 nitrogen and oxygen atoms in total.